The highest BCUT2D eigenvalue weighted by molar-refractivity contribution is 4.81. The minimum absolute atomic E-state index is 0.352. The molecule has 0 rings (SSSR count). The second kappa shape index (κ2) is 5.55. The molecule has 0 fully saturated rings. The van der Waals surface area contributed by atoms with Gasteiger partial charge >= 0.3 is 0 Å². The first-order chi connectivity index (χ1) is 5.48. The number of unbranched alkanes of at least 4 members (excludes halogenated alkanes) is 3. The van der Waals surface area contributed by atoms with E-state index in [2.05, 4.69) is 6.92 Å². The molecule has 74 valence electrons. The lowest BCUT2D eigenvalue weighted by molar-refractivity contribution is 0.0925. The first kappa shape index (κ1) is 11.9. The fraction of sp³-hybridized carbons (Fsp3) is 1.00. The Bertz CT molecular complexity index is 107. The highest BCUT2D eigenvalue weighted by atomic mass is 16.3. The highest BCUT2D eigenvalue weighted by Crippen LogP contribution is 2.13. The fourth-order valence-corrected chi connectivity index (χ4v) is 1.14. The van der Waals surface area contributed by atoms with Crippen molar-refractivity contribution < 1.29 is 5.11 Å². The van der Waals surface area contributed by atoms with Gasteiger partial charge in [0.15, 0.2) is 0 Å². The van der Waals surface area contributed by atoms with Gasteiger partial charge in [-0.2, -0.15) is 0 Å². The highest BCUT2D eigenvalue weighted by Gasteiger charge is 2.21. The zero-order valence-electron chi connectivity index (χ0n) is 8.64. The normalized spacial score (nSPS) is 14.8. The van der Waals surface area contributed by atoms with Crippen molar-refractivity contribution in [1.29, 1.82) is 0 Å². The average Bonchev–Trinajstić information content (AvgIpc) is 1.96. The van der Waals surface area contributed by atoms with Gasteiger partial charge in [-0.05, 0) is 20.3 Å². The van der Waals surface area contributed by atoms with Gasteiger partial charge in [-0.15, -0.1) is 0 Å². The van der Waals surface area contributed by atoms with Gasteiger partial charge in [-0.3, -0.25) is 0 Å². The van der Waals surface area contributed by atoms with Gasteiger partial charge in [0.25, 0.3) is 0 Å². The Kier molecular flexibility index (Phi) is 5.51. The first-order valence-electron chi connectivity index (χ1n) is 4.95. The summed E-state index contributed by atoms with van der Waals surface area (Å²) in [6.45, 7) is 5.93. The quantitative estimate of drug-likeness (QED) is 0.604. The summed E-state index contributed by atoms with van der Waals surface area (Å²) in [5.74, 6) is 0. The van der Waals surface area contributed by atoms with E-state index in [0.717, 1.165) is 12.8 Å². The molecule has 2 heteroatoms. The van der Waals surface area contributed by atoms with E-state index in [0.29, 0.717) is 0 Å². The number of hydrogen-bond donors (Lipinski definition) is 2. The third-order valence-corrected chi connectivity index (χ3v) is 2.19. The third-order valence-electron chi connectivity index (χ3n) is 2.19. The van der Waals surface area contributed by atoms with Crippen LogP contribution in [0, 0.1) is 0 Å². The van der Waals surface area contributed by atoms with E-state index in [1.807, 2.05) is 13.8 Å². The van der Waals surface area contributed by atoms with Crippen LogP contribution < -0.4 is 5.73 Å². The number of rotatable bonds is 6. The summed E-state index contributed by atoms with van der Waals surface area (Å²) in [6, 6.07) is 0. The van der Waals surface area contributed by atoms with Crippen molar-refractivity contribution in [3.05, 3.63) is 0 Å². The average molecular weight is 173 g/mol. The molecule has 0 spiro atoms. The van der Waals surface area contributed by atoms with Crippen LogP contribution in [-0.2, 0) is 0 Å². The van der Waals surface area contributed by atoms with E-state index >= 15 is 0 Å². The molecule has 1 atom stereocenters. The second-order valence-electron chi connectivity index (χ2n) is 4.19. The van der Waals surface area contributed by atoms with Crippen LogP contribution in [0.1, 0.15) is 52.9 Å². The van der Waals surface area contributed by atoms with Crippen molar-refractivity contribution in [2.75, 3.05) is 0 Å². The minimum Gasteiger partial charge on any atom is -0.391 e. The van der Waals surface area contributed by atoms with Gasteiger partial charge < -0.3 is 10.8 Å². The van der Waals surface area contributed by atoms with E-state index in [4.69, 9.17) is 5.73 Å². The van der Waals surface area contributed by atoms with Crippen molar-refractivity contribution in [3.63, 3.8) is 0 Å². The molecule has 2 nitrogen and oxygen atoms in total. The Hall–Kier alpha value is -0.0800. The van der Waals surface area contributed by atoms with Gasteiger partial charge in [0, 0.05) is 5.54 Å². The number of aliphatic hydroxyl groups excluding tert-OH is 1. The standard InChI is InChI=1S/C10H23NO/c1-4-5-6-7-8-9(12)10(2,3)11/h9,12H,4-8,11H2,1-3H3. The van der Waals surface area contributed by atoms with Crippen molar-refractivity contribution >= 4 is 0 Å². The van der Waals surface area contributed by atoms with Gasteiger partial charge in [0.2, 0.25) is 0 Å². The van der Waals surface area contributed by atoms with E-state index in [1.54, 1.807) is 0 Å². The van der Waals surface area contributed by atoms with Gasteiger partial charge in [-0.1, -0.05) is 32.6 Å². The second-order valence-corrected chi connectivity index (χ2v) is 4.19. The molecule has 0 aliphatic heterocycles. The molecule has 0 amide bonds. The van der Waals surface area contributed by atoms with Crippen molar-refractivity contribution in [1.82, 2.24) is 0 Å². The zero-order valence-corrected chi connectivity index (χ0v) is 8.64. The van der Waals surface area contributed by atoms with Gasteiger partial charge in [-0.25, -0.2) is 0 Å². The zero-order chi connectivity index (χ0) is 9.61. The Balaban J connectivity index is 3.38. The maximum atomic E-state index is 9.56. The van der Waals surface area contributed by atoms with Crippen LogP contribution >= 0.6 is 0 Å². The van der Waals surface area contributed by atoms with Crippen molar-refractivity contribution in [2.24, 2.45) is 5.73 Å². The van der Waals surface area contributed by atoms with E-state index in [-0.39, 0.29) is 6.10 Å². The van der Waals surface area contributed by atoms with Crippen molar-refractivity contribution in [2.45, 2.75) is 64.5 Å². The minimum atomic E-state index is -0.438. The third kappa shape index (κ3) is 5.56. The van der Waals surface area contributed by atoms with Crippen LogP contribution in [0.4, 0.5) is 0 Å². The molecular weight excluding hydrogens is 150 g/mol. The lowest BCUT2D eigenvalue weighted by Crippen LogP contribution is -2.44. The summed E-state index contributed by atoms with van der Waals surface area (Å²) in [6.07, 6.45) is 5.29. The summed E-state index contributed by atoms with van der Waals surface area (Å²) in [5, 5.41) is 9.56. The molecule has 0 saturated heterocycles. The summed E-state index contributed by atoms with van der Waals surface area (Å²) < 4.78 is 0. The predicted octanol–water partition coefficient (Wildman–Crippen LogP) is 2.06. The Morgan fingerprint density at radius 1 is 1.25 bits per heavy atom. The topological polar surface area (TPSA) is 46.2 Å². The van der Waals surface area contributed by atoms with Gasteiger partial charge in [0.1, 0.15) is 0 Å². The Morgan fingerprint density at radius 3 is 2.25 bits per heavy atom. The van der Waals surface area contributed by atoms with E-state index in [9.17, 15) is 5.11 Å². The Morgan fingerprint density at radius 2 is 1.83 bits per heavy atom. The number of aliphatic hydroxyl groups is 1. The number of nitrogens with two attached hydrogens (primary N) is 1. The molecule has 0 aromatic heterocycles. The number of hydrogen-bond acceptors (Lipinski definition) is 2. The maximum Gasteiger partial charge on any atom is 0.0714 e. The molecule has 12 heavy (non-hydrogen) atoms. The summed E-state index contributed by atoms with van der Waals surface area (Å²) in [5.41, 5.74) is 5.31. The molecular formula is C10H23NO. The van der Waals surface area contributed by atoms with E-state index in [1.165, 1.54) is 19.3 Å². The van der Waals surface area contributed by atoms with Crippen LogP contribution in [-0.4, -0.2) is 16.7 Å². The first-order valence-corrected chi connectivity index (χ1v) is 4.95. The SMILES string of the molecule is CCCCCCC(O)C(C)(C)N. The summed E-state index contributed by atoms with van der Waals surface area (Å²) in [4.78, 5) is 0. The predicted molar refractivity (Wildman–Crippen MR) is 53.0 cm³/mol. The van der Waals surface area contributed by atoms with Crippen LogP contribution in [0.3, 0.4) is 0 Å². The van der Waals surface area contributed by atoms with E-state index < -0.39 is 5.54 Å². The lowest BCUT2D eigenvalue weighted by Gasteiger charge is -2.25. The smallest absolute Gasteiger partial charge is 0.0714 e. The van der Waals surface area contributed by atoms with Crippen LogP contribution in [0.25, 0.3) is 0 Å². The summed E-state index contributed by atoms with van der Waals surface area (Å²) in [7, 11) is 0. The fourth-order valence-electron chi connectivity index (χ4n) is 1.14. The molecule has 0 aliphatic carbocycles. The molecule has 0 bridgehead atoms. The Labute approximate surface area is 76.2 Å². The maximum absolute atomic E-state index is 9.56. The van der Waals surface area contributed by atoms with Gasteiger partial charge in [0.05, 0.1) is 6.10 Å². The molecule has 0 heterocycles. The molecule has 3 N–H and O–H groups in total. The van der Waals surface area contributed by atoms with Crippen LogP contribution in [0.5, 0.6) is 0 Å². The molecule has 0 aromatic carbocycles. The largest absolute Gasteiger partial charge is 0.391 e. The van der Waals surface area contributed by atoms with Crippen LogP contribution in [0.2, 0.25) is 0 Å². The van der Waals surface area contributed by atoms with Crippen LogP contribution in [0.15, 0.2) is 0 Å². The monoisotopic (exact) mass is 173 g/mol. The molecule has 0 radical (unpaired) electrons. The lowest BCUT2D eigenvalue weighted by atomic mass is 9.94. The molecule has 0 aromatic rings. The summed E-state index contributed by atoms with van der Waals surface area (Å²) >= 11 is 0. The molecule has 1 unspecified atom stereocenters. The molecule has 0 saturated carbocycles. The molecule has 0 aliphatic rings. The van der Waals surface area contributed by atoms with Crippen molar-refractivity contribution in [3.8, 4) is 0 Å².